The lowest BCUT2D eigenvalue weighted by Gasteiger charge is -2.47. The summed E-state index contributed by atoms with van der Waals surface area (Å²) in [4.78, 5) is 2.01. The molecule has 0 aromatic rings. The van der Waals surface area contributed by atoms with Crippen LogP contribution < -0.4 is 0 Å². The van der Waals surface area contributed by atoms with Crippen molar-refractivity contribution in [1.29, 1.82) is 0 Å². The Balaban J connectivity index is 2.80. The Morgan fingerprint density at radius 2 is 1.85 bits per heavy atom. The zero-order chi connectivity index (χ0) is 10.3. The number of β-amino-alcohol motifs (C(OH)–C–C–N with tert-alkyl or cyclic N) is 1. The maximum absolute atomic E-state index is 11.8. The smallest absolute Gasteiger partial charge is 0.0571 e. The standard InChI is InChI=1S/C9H19N2O2/c1-8(2)7-10(5-6-12)9(3,4)11(8)13/h12H,5-7H2,1-4H3/q-1. The van der Waals surface area contributed by atoms with E-state index in [0.29, 0.717) is 13.1 Å². The summed E-state index contributed by atoms with van der Waals surface area (Å²) in [5, 5.41) is 21.8. The van der Waals surface area contributed by atoms with Gasteiger partial charge >= 0.3 is 0 Å². The molecule has 1 rings (SSSR count). The van der Waals surface area contributed by atoms with Gasteiger partial charge in [-0.1, -0.05) is 0 Å². The molecular formula is C9H19N2O2-. The van der Waals surface area contributed by atoms with Gasteiger partial charge < -0.3 is 15.4 Å². The van der Waals surface area contributed by atoms with Crippen molar-refractivity contribution in [2.45, 2.75) is 38.9 Å². The Labute approximate surface area is 79.7 Å². The molecule has 0 saturated carbocycles. The van der Waals surface area contributed by atoms with Crippen LogP contribution in [0.3, 0.4) is 0 Å². The molecule has 4 nitrogen and oxygen atoms in total. The van der Waals surface area contributed by atoms with E-state index in [1.54, 1.807) is 0 Å². The lowest BCUT2D eigenvalue weighted by Crippen LogP contribution is -2.49. The molecule has 1 fully saturated rings. The predicted molar refractivity (Wildman–Crippen MR) is 52.0 cm³/mol. The van der Waals surface area contributed by atoms with E-state index in [1.165, 1.54) is 0 Å². The zero-order valence-corrected chi connectivity index (χ0v) is 8.87. The number of hydroxylamine groups is 2. The second-order valence-electron chi connectivity index (χ2n) is 4.75. The number of rotatable bonds is 2. The molecule has 4 heteroatoms. The van der Waals surface area contributed by atoms with Crippen LogP contribution in [-0.4, -0.2) is 46.0 Å². The fourth-order valence-corrected chi connectivity index (χ4v) is 2.07. The fraction of sp³-hybridized carbons (Fsp3) is 1.00. The number of aliphatic hydroxyl groups excluding tert-OH is 1. The van der Waals surface area contributed by atoms with Crippen LogP contribution in [0.4, 0.5) is 0 Å². The molecule has 0 aliphatic carbocycles. The van der Waals surface area contributed by atoms with Crippen LogP contribution in [0.5, 0.6) is 0 Å². The van der Waals surface area contributed by atoms with E-state index in [9.17, 15) is 5.21 Å². The third kappa shape index (κ3) is 1.72. The van der Waals surface area contributed by atoms with E-state index >= 15 is 0 Å². The van der Waals surface area contributed by atoms with Crippen molar-refractivity contribution in [3.05, 3.63) is 5.21 Å². The summed E-state index contributed by atoms with van der Waals surface area (Å²) in [7, 11) is 0. The highest BCUT2D eigenvalue weighted by molar-refractivity contribution is 5.02. The van der Waals surface area contributed by atoms with E-state index in [0.717, 1.165) is 5.06 Å². The summed E-state index contributed by atoms with van der Waals surface area (Å²) >= 11 is 0. The lowest BCUT2D eigenvalue weighted by molar-refractivity contribution is 0.0503. The average Bonchev–Trinajstić information content (AvgIpc) is 2.14. The van der Waals surface area contributed by atoms with E-state index in [2.05, 4.69) is 0 Å². The van der Waals surface area contributed by atoms with Gasteiger partial charge in [-0.3, -0.25) is 4.90 Å². The molecule has 1 aliphatic heterocycles. The van der Waals surface area contributed by atoms with Crippen molar-refractivity contribution < 1.29 is 5.11 Å². The van der Waals surface area contributed by atoms with E-state index in [-0.39, 0.29) is 12.1 Å². The maximum atomic E-state index is 11.8. The fourth-order valence-electron chi connectivity index (χ4n) is 2.07. The van der Waals surface area contributed by atoms with Gasteiger partial charge in [0, 0.05) is 18.6 Å². The van der Waals surface area contributed by atoms with Crippen LogP contribution in [0.2, 0.25) is 0 Å². The number of hydrogen-bond acceptors (Lipinski definition) is 4. The lowest BCUT2D eigenvalue weighted by atomic mass is 10.1. The molecule has 0 spiro atoms. The first-order valence-electron chi connectivity index (χ1n) is 4.66. The molecule has 0 atom stereocenters. The van der Waals surface area contributed by atoms with Crippen molar-refractivity contribution in [3.63, 3.8) is 0 Å². The van der Waals surface area contributed by atoms with Gasteiger partial charge in [-0.2, -0.15) is 0 Å². The van der Waals surface area contributed by atoms with Gasteiger partial charge in [-0.25, -0.2) is 0 Å². The van der Waals surface area contributed by atoms with Crippen LogP contribution in [0, 0.1) is 5.21 Å². The SMILES string of the molecule is CC1(C)CN(CCO)C(C)(C)N1[O-]. The summed E-state index contributed by atoms with van der Waals surface area (Å²) in [6, 6.07) is 0. The highest BCUT2D eigenvalue weighted by Gasteiger charge is 2.43. The van der Waals surface area contributed by atoms with E-state index in [4.69, 9.17) is 5.11 Å². The van der Waals surface area contributed by atoms with E-state index < -0.39 is 5.66 Å². The molecule has 0 bridgehead atoms. The molecule has 0 unspecified atom stereocenters. The molecule has 1 heterocycles. The minimum Gasteiger partial charge on any atom is -0.783 e. The molecule has 1 N–H and O–H groups in total. The Morgan fingerprint density at radius 3 is 2.15 bits per heavy atom. The van der Waals surface area contributed by atoms with Gasteiger partial charge in [0.25, 0.3) is 0 Å². The molecular weight excluding hydrogens is 168 g/mol. The molecule has 1 aliphatic rings. The number of aliphatic hydroxyl groups is 1. The average molecular weight is 187 g/mol. The van der Waals surface area contributed by atoms with Gasteiger partial charge in [0.1, 0.15) is 0 Å². The second kappa shape index (κ2) is 3.20. The number of hydrogen-bond donors (Lipinski definition) is 1. The van der Waals surface area contributed by atoms with Crippen molar-refractivity contribution in [2.75, 3.05) is 19.7 Å². The molecule has 0 aromatic heterocycles. The minimum atomic E-state index is -0.494. The Morgan fingerprint density at radius 1 is 1.31 bits per heavy atom. The summed E-state index contributed by atoms with van der Waals surface area (Å²) in [5.41, 5.74) is -0.842. The summed E-state index contributed by atoms with van der Waals surface area (Å²) < 4.78 is 0. The predicted octanol–water partition coefficient (Wildman–Crippen LogP) is 0.609. The number of nitrogens with zero attached hydrogens (tertiary/aromatic N) is 2. The molecule has 13 heavy (non-hydrogen) atoms. The largest absolute Gasteiger partial charge is 0.783 e. The van der Waals surface area contributed by atoms with Crippen LogP contribution >= 0.6 is 0 Å². The highest BCUT2D eigenvalue weighted by atomic mass is 16.5. The van der Waals surface area contributed by atoms with Crippen molar-refractivity contribution in [2.24, 2.45) is 0 Å². The molecule has 78 valence electrons. The first-order valence-corrected chi connectivity index (χ1v) is 4.66. The van der Waals surface area contributed by atoms with Crippen LogP contribution in [-0.2, 0) is 0 Å². The van der Waals surface area contributed by atoms with Gasteiger partial charge in [0.05, 0.1) is 12.3 Å². The maximum Gasteiger partial charge on any atom is 0.0571 e. The molecule has 1 saturated heterocycles. The minimum absolute atomic E-state index is 0.105. The molecule has 0 amide bonds. The third-order valence-corrected chi connectivity index (χ3v) is 2.77. The van der Waals surface area contributed by atoms with E-state index in [1.807, 2.05) is 32.6 Å². The topological polar surface area (TPSA) is 49.8 Å². The highest BCUT2D eigenvalue weighted by Crippen LogP contribution is 2.35. The Bertz CT molecular complexity index is 192. The summed E-state index contributed by atoms with van der Waals surface area (Å²) in [6.45, 7) is 9.03. The third-order valence-electron chi connectivity index (χ3n) is 2.77. The molecule has 0 aromatic carbocycles. The van der Waals surface area contributed by atoms with Gasteiger partial charge in [0.15, 0.2) is 0 Å². The van der Waals surface area contributed by atoms with Crippen molar-refractivity contribution in [3.8, 4) is 0 Å². The Hall–Kier alpha value is -0.160. The van der Waals surface area contributed by atoms with Crippen LogP contribution in [0.25, 0.3) is 0 Å². The van der Waals surface area contributed by atoms with Gasteiger partial charge in [-0.05, 0) is 27.7 Å². The summed E-state index contributed by atoms with van der Waals surface area (Å²) in [6.07, 6.45) is 0. The first kappa shape index (κ1) is 10.9. The van der Waals surface area contributed by atoms with Crippen molar-refractivity contribution >= 4 is 0 Å². The summed E-state index contributed by atoms with van der Waals surface area (Å²) in [5.74, 6) is 0. The van der Waals surface area contributed by atoms with Crippen molar-refractivity contribution in [1.82, 2.24) is 9.96 Å². The normalized spacial score (nSPS) is 28.2. The zero-order valence-electron chi connectivity index (χ0n) is 8.87. The quantitative estimate of drug-likeness (QED) is 0.688. The van der Waals surface area contributed by atoms with Gasteiger partial charge in [0.2, 0.25) is 0 Å². The van der Waals surface area contributed by atoms with Crippen LogP contribution in [0.15, 0.2) is 0 Å². The molecule has 0 radical (unpaired) electrons. The first-order chi connectivity index (χ1) is 5.82. The monoisotopic (exact) mass is 187 g/mol. The second-order valence-corrected chi connectivity index (χ2v) is 4.75. The Kier molecular flexibility index (Phi) is 2.69. The van der Waals surface area contributed by atoms with Gasteiger partial charge in [-0.15, -0.1) is 0 Å². The van der Waals surface area contributed by atoms with Crippen LogP contribution in [0.1, 0.15) is 27.7 Å².